The van der Waals surface area contributed by atoms with E-state index in [9.17, 15) is 4.79 Å². The predicted octanol–water partition coefficient (Wildman–Crippen LogP) is 1.68. The molecule has 0 radical (unpaired) electrons. The van der Waals surface area contributed by atoms with E-state index in [1.54, 1.807) is 6.08 Å². The predicted molar refractivity (Wildman–Crippen MR) is 75.6 cm³/mol. The quantitative estimate of drug-likeness (QED) is 0.696. The molecule has 0 amide bonds. The number of nitrogens with zero attached hydrogens (tertiary/aromatic N) is 3. The third-order valence-corrected chi connectivity index (χ3v) is 2.53. The number of carboxylic acid groups (broad SMARTS) is 1. The molecule has 0 atom stereocenters. The van der Waals surface area contributed by atoms with E-state index < -0.39 is 5.97 Å². The molecule has 19 heavy (non-hydrogen) atoms. The van der Waals surface area contributed by atoms with Gasteiger partial charge in [-0.1, -0.05) is 6.08 Å². The standard InChI is InChI=1S/C13H20N4O2/c1-4-7-14-11-9-12(16-10(2)15-11)17(3)8-5-6-13(18)19/h4,9H,1,5-8H2,2-3H3,(H,18,19)(H,14,15,16). The highest BCUT2D eigenvalue weighted by molar-refractivity contribution is 5.66. The number of aromatic nitrogens is 2. The van der Waals surface area contributed by atoms with Crippen LogP contribution in [0.5, 0.6) is 0 Å². The lowest BCUT2D eigenvalue weighted by molar-refractivity contribution is -0.137. The first-order valence-corrected chi connectivity index (χ1v) is 6.16. The first kappa shape index (κ1) is 14.9. The van der Waals surface area contributed by atoms with E-state index in [0.717, 1.165) is 11.6 Å². The van der Waals surface area contributed by atoms with Crippen molar-refractivity contribution < 1.29 is 9.90 Å². The molecule has 1 rings (SSSR count). The van der Waals surface area contributed by atoms with E-state index in [1.807, 2.05) is 24.9 Å². The van der Waals surface area contributed by atoms with Gasteiger partial charge >= 0.3 is 5.97 Å². The van der Waals surface area contributed by atoms with Crippen molar-refractivity contribution in [2.24, 2.45) is 0 Å². The van der Waals surface area contributed by atoms with Gasteiger partial charge in [0.25, 0.3) is 0 Å². The number of carbonyl (C=O) groups is 1. The van der Waals surface area contributed by atoms with Gasteiger partial charge < -0.3 is 15.3 Å². The monoisotopic (exact) mass is 264 g/mol. The fourth-order valence-corrected chi connectivity index (χ4v) is 1.60. The molecule has 0 saturated heterocycles. The van der Waals surface area contributed by atoms with Crippen LogP contribution in [0.3, 0.4) is 0 Å². The summed E-state index contributed by atoms with van der Waals surface area (Å²) in [6.45, 7) is 6.75. The van der Waals surface area contributed by atoms with Crippen LogP contribution in [0.15, 0.2) is 18.7 Å². The summed E-state index contributed by atoms with van der Waals surface area (Å²) in [6, 6.07) is 1.84. The maximum Gasteiger partial charge on any atom is 0.303 e. The smallest absolute Gasteiger partial charge is 0.303 e. The second kappa shape index (κ2) is 7.35. The van der Waals surface area contributed by atoms with Crippen LogP contribution in [0.4, 0.5) is 11.6 Å². The Morgan fingerprint density at radius 2 is 2.32 bits per heavy atom. The first-order chi connectivity index (χ1) is 9.02. The minimum Gasteiger partial charge on any atom is -0.481 e. The van der Waals surface area contributed by atoms with Crippen molar-refractivity contribution in [1.82, 2.24) is 9.97 Å². The van der Waals surface area contributed by atoms with Crippen molar-refractivity contribution in [2.75, 3.05) is 30.4 Å². The Hall–Kier alpha value is -2.11. The van der Waals surface area contributed by atoms with E-state index in [-0.39, 0.29) is 6.42 Å². The number of nitrogens with one attached hydrogen (secondary N) is 1. The van der Waals surface area contributed by atoms with Gasteiger partial charge in [0.15, 0.2) is 0 Å². The number of hydrogen-bond acceptors (Lipinski definition) is 5. The van der Waals surface area contributed by atoms with Gasteiger partial charge in [-0.15, -0.1) is 6.58 Å². The van der Waals surface area contributed by atoms with Crippen molar-refractivity contribution in [1.29, 1.82) is 0 Å². The zero-order chi connectivity index (χ0) is 14.3. The van der Waals surface area contributed by atoms with Crippen LogP contribution < -0.4 is 10.2 Å². The highest BCUT2D eigenvalue weighted by Gasteiger charge is 2.07. The molecule has 0 aliphatic heterocycles. The molecule has 0 spiro atoms. The normalized spacial score (nSPS) is 10.0. The molecule has 0 saturated carbocycles. The van der Waals surface area contributed by atoms with Crippen LogP contribution in [0.25, 0.3) is 0 Å². The Bertz CT molecular complexity index is 448. The summed E-state index contributed by atoms with van der Waals surface area (Å²) in [5.74, 6) is 1.42. The van der Waals surface area contributed by atoms with Crippen LogP contribution in [-0.2, 0) is 4.79 Å². The van der Waals surface area contributed by atoms with Crippen LogP contribution in [0.1, 0.15) is 18.7 Å². The second-order valence-electron chi connectivity index (χ2n) is 4.25. The number of anilines is 2. The fraction of sp³-hybridized carbons (Fsp3) is 0.462. The van der Waals surface area contributed by atoms with Crippen LogP contribution >= 0.6 is 0 Å². The molecule has 6 nitrogen and oxygen atoms in total. The average molecular weight is 264 g/mol. The minimum absolute atomic E-state index is 0.163. The first-order valence-electron chi connectivity index (χ1n) is 6.16. The van der Waals surface area contributed by atoms with E-state index in [4.69, 9.17) is 5.11 Å². The summed E-state index contributed by atoms with van der Waals surface area (Å²) in [7, 11) is 1.89. The highest BCUT2D eigenvalue weighted by atomic mass is 16.4. The third kappa shape index (κ3) is 5.37. The summed E-state index contributed by atoms with van der Waals surface area (Å²) in [5, 5.41) is 11.7. The summed E-state index contributed by atoms with van der Waals surface area (Å²) >= 11 is 0. The van der Waals surface area contributed by atoms with Gasteiger partial charge in [0.2, 0.25) is 0 Å². The van der Waals surface area contributed by atoms with Crippen molar-refractivity contribution in [3.8, 4) is 0 Å². The molecule has 0 aliphatic rings. The van der Waals surface area contributed by atoms with Gasteiger partial charge in [0.1, 0.15) is 17.5 Å². The topological polar surface area (TPSA) is 78.4 Å². The molecular formula is C13H20N4O2. The minimum atomic E-state index is -0.777. The van der Waals surface area contributed by atoms with Gasteiger partial charge in [-0.2, -0.15) is 0 Å². The Balaban J connectivity index is 2.67. The number of rotatable bonds is 8. The molecule has 0 bridgehead atoms. The van der Waals surface area contributed by atoms with Gasteiger partial charge in [0.05, 0.1) is 0 Å². The molecule has 0 aromatic carbocycles. The van der Waals surface area contributed by atoms with E-state index >= 15 is 0 Å². The lowest BCUT2D eigenvalue weighted by Gasteiger charge is -2.18. The van der Waals surface area contributed by atoms with Gasteiger partial charge in [-0.3, -0.25) is 4.79 Å². The van der Waals surface area contributed by atoms with Crippen molar-refractivity contribution in [2.45, 2.75) is 19.8 Å². The number of aryl methyl sites for hydroxylation is 1. The summed E-state index contributed by atoms with van der Waals surface area (Å²) in [5.41, 5.74) is 0. The van der Waals surface area contributed by atoms with E-state index in [1.165, 1.54) is 0 Å². The zero-order valence-corrected chi connectivity index (χ0v) is 11.4. The fourth-order valence-electron chi connectivity index (χ4n) is 1.60. The molecule has 104 valence electrons. The second-order valence-corrected chi connectivity index (χ2v) is 4.25. The van der Waals surface area contributed by atoms with Gasteiger partial charge in [0, 0.05) is 32.6 Å². The summed E-state index contributed by atoms with van der Waals surface area (Å²) < 4.78 is 0. The molecule has 0 fully saturated rings. The average Bonchev–Trinajstić information content (AvgIpc) is 2.35. The van der Waals surface area contributed by atoms with Crippen molar-refractivity contribution in [3.05, 3.63) is 24.5 Å². The largest absolute Gasteiger partial charge is 0.481 e. The molecule has 1 aromatic heterocycles. The highest BCUT2D eigenvalue weighted by Crippen LogP contribution is 2.15. The SMILES string of the molecule is C=CCNc1cc(N(C)CCCC(=O)O)nc(C)n1. The Morgan fingerprint density at radius 1 is 1.58 bits per heavy atom. The Labute approximate surface area is 113 Å². The van der Waals surface area contributed by atoms with Crippen molar-refractivity contribution in [3.63, 3.8) is 0 Å². The maximum atomic E-state index is 10.5. The molecule has 1 heterocycles. The molecular weight excluding hydrogens is 244 g/mol. The maximum absolute atomic E-state index is 10.5. The van der Waals surface area contributed by atoms with Crippen LogP contribution in [-0.4, -0.2) is 41.2 Å². The summed E-state index contributed by atoms with van der Waals surface area (Å²) in [6.07, 6.45) is 2.51. The van der Waals surface area contributed by atoms with Gasteiger partial charge in [-0.25, -0.2) is 9.97 Å². The number of aliphatic carboxylic acids is 1. The lowest BCUT2D eigenvalue weighted by atomic mass is 10.3. The van der Waals surface area contributed by atoms with E-state index in [2.05, 4.69) is 21.9 Å². The van der Waals surface area contributed by atoms with Crippen molar-refractivity contribution >= 4 is 17.6 Å². The van der Waals surface area contributed by atoms with E-state index in [0.29, 0.717) is 25.3 Å². The number of carboxylic acids is 1. The Morgan fingerprint density at radius 3 is 2.95 bits per heavy atom. The van der Waals surface area contributed by atoms with Gasteiger partial charge in [-0.05, 0) is 13.3 Å². The molecule has 6 heteroatoms. The molecule has 0 aliphatic carbocycles. The molecule has 1 aromatic rings. The third-order valence-electron chi connectivity index (χ3n) is 2.53. The van der Waals surface area contributed by atoms with Crippen LogP contribution in [0.2, 0.25) is 0 Å². The van der Waals surface area contributed by atoms with Crippen LogP contribution in [0, 0.1) is 6.92 Å². The molecule has 0 unspecified atom stereocenters. The number of hydrogen-bond donors (Lipinski definition) is 2. The Kier molecular flexibility index (Phi) is 5.78. The molecule has 2 N–H and O–H groups in total. The zero-order valence-electron chi connectivity index (χ0n) is 11.4. The lowest BCUT2D eigenvalue weighted by Crippen LogP contribution is -2.21. The summed E-state index contributed by atoms with van der Waals surface area (Å²) in [4.78, 5) is 21.0.